The molecule has 2 N–H and O–H groups in total. The lowest BCUT2D eigenvalue weighted by Gasteiger charge is -2.31. The zero-order valence-corrected chi connectivity index (χ0v) is 12.8. The summed E-state index contributed by atoms with van der Waals surface area (Å²) in [4.78, 5) is 0.240. The molecule has 2 rings (SSSR count). The third-order valence-corrected chi connectivity index (χ3v) is 5.29. The minimum atomic E-state index is -3.55. The van der Waals surface area contributed by atoms with Gasteiger partial charge in [-0.2, -0.15) is 12.7 Å². The second-order valence-corrected chi connectivity index (χ2v) is 6.80. The first kappa shape index (κ1) is 15.2. The quantitative estimate of drug-likeness (QED) is 0.811. The molecule has 0 aromatic heterocycles. The van der Waals surface area contributed by atoms with Crippen molar-refractivity contribution in [2.24, 2.45) is 5.73 Å². The third kappa shape index (κ3) is 3.09. The third-order valence-electron chi connectivity index (χ3n) is 3.14. The van der Waals surface area contributed by atoms with Crippen LogP contribution in [0.2, 0.25) is 0 Å². The van der Waals surface area contributed by atoms with Gasteiger partial charge in [-0.05, 0) is 12.1 Å². The van der Waals surface area contributed by atoms with E-state index in [4.69, 9.17) is 22.7 Å². The zero-order chi connectivity index (χ0) is 14.8. The second kappa shape index (κ2) is 6.04. The van der Waals surface area contributed by atoms with Crippen molar-refractivity contribution >= 4 is 33.1 Å². The Balaban J connectivity index is 2.27. The fourth-order valence-corrected chi connectivity index (χ4v) is 3.40. The molecule has 1 aliphatic rings. The van der Waals surface area contributed by atoms with E-state index in [9.17, 15) is 8.42 Å². The summed E-state index contributed by atoms with van der Waals surface area (Å²) < 4.78 is 32.8. The number of thiocarbonyl (C=S) groups is 1. The molecule has 0 unspecified atom stereocenters. The van der Waals surface area contributed by atoms with Crippen LogP contribution in [0.1, 0.15) is 5.56 Å². The molecule has 1 aromatic carbocycles. The van der Waals surface area contributed by atoms with Crippen LogP contribution in [0.5, 0.6) is 0 Å². The first-order valence-electron chi connectivity index (χ1n) is 6.14. The first-order chi connectivity index (χ1) is 9.43. The van der Waals surface area contributed by atoms with Gasteiger partial charge in [-0.1, -0.05) is 24.4 Å². The Kier molecular flexibility index (Phi) is 4.59. The normalized spacial score (nSPS) is 16.9. The number of rotatable bonds is 4. The van der Waals surface area contributed by atoms with E-state index in [1.165, 1.54) is 15.7 Å². The average Bonchev–Trinajstić information content (AvgIpc) is 2.47. The van der Waals surface area contributed by atoms with Gasteiger partial charge in [0.15, 0.2) is 0 Å². The van der Waals surface area contributed by atoms with Crippen LogP contribution in [0.3, 0.4) is 0 Å². The molecular weight excluding hydrogens is 298 g/mol. The van der Waals surface area contributed by atoms with Crippen LogP contribution in [0, 0.1) is 0 Å². The predicted molar refractivity (Wildman–Crippen MR) is 82.0 cm³/mol. The number of morpholine rings is 1. The van der Waals surface area contributed by atoms with Gasteiger partial charge in [-0.3, -0.25) is 4.31 Å². The maximum Gasteiger partial charge on any atom is 0.303 e. The summed E-state index contributed by atoms with van der Waals surface area (Å²) in [6.07, 6.45) is 0. The summed E-state index contributed by atoms with van der Waals surface area (Å²) in [6.45, 7) is 1.56. The van der Waals surface area contributed by atoms with Crippen LogP contribution in [-0.2, 0) is 14.9 Å². The summed E-state index contributed by atoms with van der Waals surface area (Å²) >= 11 is 4.91. The molecule has 1 heterocycles. The van der Waals surface area contributed by atoms with E-state index >= 15 is 0 Å². The van der Waals surface area contributed by atoms with Gasteiger partial charge in [-0.25, -0.2) is 0 Å². The second-order valence-electron chi connectivity index (χ2n) is 4.40. The average molecular weight is 315 g/mol. The molecule has 20 heavy (non-hydrogen) atoms. The van der Waals surface area contributed by atoms with Crippen LogP contribution < -0.4 is 10.0 Å². The van der Waals surface area contributed by atoms with Gasteiger partial charge >= 0.3 is 10.2 Å². The molecule has 8 heteroatoms. The van der Waals surface area contributed by atoms with E-state index in [1.807, 2.05) is 0 Å². The van der Waals surface area contributed by atoms with Gasteiger partial charge in [0.1, 0.15) is 4.99 Å². The summed E-state index contributed by atoms with van der Waals surface area (Å²) in [5.41, 5.74) is 6.74. The van der Waals surface area contributed by atoms with Gasteiger partial charge in [0.05, 0.1) is 18.9 Å². The molecule has 1 fully saturated rings. The Morgan fingerprint density at radius 2 is 2.05 bits per heavy atom. The van der Waals surface area contributed by atoms with E-state index in [1.54, 1.807) is 24.3 Å². The van der Waals surface area contributed by atoms with Crippen molar-refractivity contribution in [2.45, 2.75) is 0 Å². The van der Waals surface area contributed by atoms with E-state index in [0.29, 0.717) is 37.6 Å². The lowest BCUT2D eigenvalue weighted by molar-refractivity contribution is 0.0730. The molecule has 6 nitrogen and oxygen atoms in total. The van der Waals surface area contributed by atoms with Crippen LogP contribution in [0.4, 0.5) is 5.69 Å². The molecule has 0 saturated carbocycles. The Morgan fingerprint density at radius 1 is 1.40 bits per heavy atom. The summed E-state index contributed by atoms with van der Waals surface area (Å²) in [5.74, 6) is 0. The van der Waals surface area contributed by atoms with E-state index in [2.05, 4.69) is 0 Å². The maximum atomic E-state index is 12.5. The number of nitrogens with two attached hydrogens (primary N) is 1. The van der Waals surface area contributed by atoms with Gasteiger partial charge in [0.2, 0.25) is 0 Å². The number of nitrogens with zero attached hydrogens (tertiary/aromatic N) is 2. The topological polar surface area (TPSA) is 75.9 Å². The monoisotopic (exact) mass is 315 g/mol. The summed E-state index contributed by atoms with van der Waals surface area (Å²) in [7, 11) is -2.04. The molecule has 1 saturated heterocycles. The van der Waals surface area contributed by atoms with Crippen molar-refractivity contribution in [3.8, 4) is 0 Å². The zero-order valence-electron chi connectivity index (χ0n) is 11.2. The van der Waals surface area contributed by atoms with E-state index in [-0.39, 0.29) is 4.99 Å². The minimum Gasteiger partial charge on any atom is -0.389 e. The van der Waals surface area contributed by atoms with Gasteiger partial charge in [-0.15, -0.1) is 0 Å². The highest BCUT2D eigenvalue weighted by Gasteiger charge is 2.28. The standard InChI is InChI=1S/C12H17N3O3S2/c1-14(11-4-2-3-10(9-11)12(13)19)20(16,17)15-5-7-18-8-6-15/h2-4,9H,5-8H2,1H3,(H2,13,19). The number of hydrogen-bond donors (Lipinski definition) is 1. The van der Waals surface area contributed by atoms with Crippen molar-refractivity contribution in [2.75, 3.05) is 37.7 Å². The highest BCUT2D eigenvalue weighted by molar-refractivity contribution is 7.90. The molecule has 0 radical (unpaired) electrons. The summed E-state index contributed by atoms with van der Waals surface area (Å²) in [5, 5.41) is 0. The van der Waals surface area contributed by atoms with Crippen molar-refractivity contribution in [1.29, 1.82) is 0 Å². The fraction of sp³-hybridized carbons (Fsp3) is 0.417. The van der Waals surface area contributed by atoms with Crippen molar-refractivity contribution in [3.05, 3.63) is 29.8 Å². The SMILES string of the molecule is CN(c1cccc(C(N)=S)c1)S(=O)(=O)N1CCOCC1. The van der Waals surface area contributed by atoms with Crippen LogP contribution in [0.25, 0.3) is 0 Å². The lowest BCUT2D eigenvalue weighted by Crippen LogP contribution is -2.47. The van der Waals surface area contributed by atoms with Crippen molar-refractivity contribution in [3.63, 3.8) is 0 Å². The Morgan fingerprint density at radius 3 is 2.65 bits per heavy atom. The van der Waals surface area contributed by atoms with Crippen LogP contribution in [0.15, 0.2) is 24.3 Å². The fourth-order valence-electron chi connectivity index (χ4n) is 1.94. The predicted octanol–water partition coefficient (Wildman–Crippen LogP) is 0.334. The van der Waals surface area contributed by atoms with Crippen molar-refractivity contribution in [1.82, 2.24) is 4.31 Å². The largest absolute Gasteiger partial charge is 0.389 e. The Hall–Kier alpha value is -1.22. The molecule has 1 aliphatic heterocycles. The number of ether oxygens (including phenoxy) is 1. The van der Waals surface area contributed by atoms with Gasteiger partial charge in [0, 0.05) is 25.7 Å². The lowest BCUT2D eigenvalue weighted by atomic mass is 10.2. The highest BCUT2D eigenvalue weighted by Crippen LogP contribution is 2.20. The Bertz CT molecular complexity index is 598. The Labute approximate surface area is 124 Å². The number of hydrogen-bond acceptors (Lipinski definition) is 4. The molecule has 0 aliphatic carbocycles. The van der Waals surface area contributed by atoms with E-state index in [0.717, 1.165) is 0 Å². The van der Waals surface area contributed by atoms with E-state index < -0.39 is 10.2 Å². The van der Waals surface area contributed by atoms with Gasteiger partial charge in [0.25, 0.3) is 0 Å². The molecule has 0 atom stereocenters. The number of anilines is 1. The first-order valence-corrected chi connectivity index (χ1v) is 7.95. The molecule has 0 bridgehead atoms. The summed E-state index contributed by atoms with van der Waals surface area (Å²) in [6, 6.07) is 6.86. The highest BCUT2D eigenvalue weighted by atomic mass is 32.2. The molecular formula is C12H17N3O3S2. The smallest absolute Gasteiger partial charge is 0.303 e. The molecule has 0 spiro atoms. The van der Waals surface area contributed by atoms with Crippen molar-refractivity contribution < 1.29 is 13.2 Å². The minimum absolute atomic E-state index is 0.240. The van der Waals surface area contributed by atoms with Gasteiger partial charge < -0.3 is 10.5 Å². The van der Waals surface area contributed by atoms with Crippen LogP contribution >= 0.6 is 12.2 Å². The number of benzene rings is 1. The molecule has 1 aromatic rings. The molecule has 0 amide bonds. The van der Waals surface area contributed by atoms with Crippen LogP contribution in [-0.4, -0.2) is 51.1 Å². The molecule has 110 valence electrons. The maximum absolute atomic E-state index is 12.5.